The molecule has 104 valence electrons. The molecule has 0 aliphatic carbocycles. The van der Waals surface area contributed by atoms with Crippen LogP contribution in [0.5, 0.6) is 0 Å². The lowest BCUT2D eigenvalue weighted by atomic mass is 10.2. The number of fused-ring (bicyclic) bond motifs is 1. The number of thiazole rings is 1. The largest absolute Gasteiger partial charge is 0.350 e. The first-order valence-electron chi connectivity index (χ1n) is 6.45. The number of nitrogens with zero attached hydrogens (tertiary/aromatic N) is 2. The van der Waals surface area contributed by atoms with Crippen LogP contribution >= 0.6 is 22.7 Å². The summed E-state index contributed by atoms with van der Waals surface area (Å²) in [4.78, 5) is 4.71. The molecule has 3 heterocycles. The molecule has 0 amide bonds. The third-order valence-electron chi connectivity index (χ3n) is 3.50. The molecule has 21 heavy (non-hydrogen) atoms. The molecule has 4 aromatic rings. The van der Waals surface area contributed by atoms with Crippen molar-refractivity contribution in [1.29, 1.82) is 0 Å². The van der Waals surface area contributed by atoms with Gasteiger partial charge in [-0.3, -0.25) is 0 Å². The first-order valence-corrected chi connectivity index (χ1v) is 8.27. The van der Waals surface area contributed by atoms with Crippen LogP contribution in [-0.4, -0.2) is 9.55 Å². The number of hydrogen-bond donors (Lipinski definition) is 0. The molecule has 4 rings (SSSR count). The molecular weight excluding hydrogens is 303 g/mol. The molecule has 0 aliphatic rings. The minimum absolute atomic E-state index is 0.218. The lowest BCUT2D eigenvalue weighted by Crippen LogP contribution is -1.83. The van der Waals surface area contributed by atoms with Gasteiger partial charge in [-0.25, -0.2) is 9.37 Å². The van der Waals surface area contributed by atoms with Gasteiger partial charge in [0.1, 0.15) is 10.8 Å². The van der Waals surface area contributed by atoms with Gasteiger partial charge in [0.05, 0.1) is 5.69 Å². The average molecular weight is 314 g/mol. The Kier molecular flexibility index (Phi) is 2.90. The Balaban J connectivity index is 1.89. The van der Waals surface area contributed by atoms with Gasteiger partial charge in [-0.2, -0.15) is 11.3 Å². The molecule has 0 fully saturated rings. The van der Waals surface area contributed by atoms with Crippen molar-refractivity contribution in [3.05, 3.63) is 52.4 Å². The van der Waals surface area contributed by atoms with Crippen LogP contribution < -0.4 is 0 Å². The van der Waals surface area contributed by atoms with Gasteiger partial charge in [-0.15, -0.1) is 11.3 Å². The van der Waals surface area contributed by atoms with E-state index >= 15 is 0 Å². The van der Waals surface area contributed by atoms with E-state index in [-0.39, 0.29) is 5.82 Å². The highest BCUT2D eigenvalue weighted by molar-refractivity contribution is 7.13. The van der Waals surface area contributed by atoms with Crippen LogP contribution in [0.25, 0.3) is 32.7 Å². The molecule has 0 bridgehead atoms. The summed E-state index contributed by atoms with van der Waals surface area (Å²) in [7, 11) is 1.97. The fourth-order valence-corrected chi connectivity index (χ4v) is 3.98. The van der Waals surface area contributed by atoms with Gasteiger partial charge < -0.3 is 4.57 Å². The van der Waals surface area contributed by atoms with Crippen molar-refractivity contribution in [2.24, 2.45) is 7.05 Å². The van der Waals surface area contributed by atoms with E-state index in [0.717, 1.165) is 32.7 Å². The van der Waals surface area contributed by atoms with Crippen molar-refractivity contribution >= 4 is 33.6 Å². The normalized spacial score (nSPS) is 11.3. The van der Waals surface area contributed by atoms with Crippen LogP contribution in [0.2, 0.25) is 0 Å². The molecule has 0 atom stereocenters. The average Bonchev–Trinajstić information content (AvgIpc) is 3.17. The monoisotopic (exact) mass is 314 g/mol. The molecule has 1 aromatic carbocycles. The van der Waals surface area contributed by atoms with E-state index in [1.807, 2.05) is 29.3 Å². The van der Waals surface area contributed by atoms with Gasteiger partial charge in [0.15, 0.2) is 0 Å². The van der Waals surface area contributed by atoms with Crippen molar-refractivity contribution in [1.82, 2.24) is 9.55 Å². The molecule has 0 radical (unpaired) electrons. The van der Waals surface area contributed by atoms with Crippen LogP contribution in [0.3, 0.4) is 0 Å². The number of hydrogen-bond acceptors (Lipinski definition) is 3. The van der Waals surface area contributed by atoms with Crippen molar-refractivity contribution in [3.63, 3.8) is 0 Å². The number of thiophene rings is 1. The minimum atomic E-state index is -0.218. The standard InChI is InChI=1S/C16H11FN2S2/c1-19-7-13(12-6-11(17)2-3-15(12)19)16-18-14(9-21-16)10-4-5-20-8-10/h2-9H,1H3. The summed E-state index contributed by atoms with van der Waals surface area (Å²) in [5.41, 5.74) is 4.11. The Bertz CT molecular complexity index is 919. The fraction of sp³-hybridized carbons (Fsp3) is 0.0625. The number of rotatable bonds is 2. The van der Waals surface area contributed by atoms with Crippen LogP contribution in [-0.2, 0) is 7.05 Å². The summed E-state index contributed by atoms with van der Waals surface area (Å²) in [6.07, 6.45) is 2.01. The summed E-state index contributed by atoms with van der Waals surface area (Å²) < 4.78 is 15.6. The van der Waals surface area contributed by atoms with E-state index in [9.17, 15) is 4.39 Å². The van der Waals surface area contributed by atoms with Crippen LogP contribution in [0.4, 0.5) is 4.39 Å². The van der Waals surface area contributed by atoms with Gasteiger partial charge in [-0.1, -0.05) is 0 Å². The molecular formula is C16H11FN2S2. The Hall–Kier alpha value is -1.98. The predicted octanol–water partition coefficient (Wildman–Crippen LogP) is 5.17. The molecule has 3 aromatic heterocycles. The maximum atomic E-state index is 13.5. The van der Waals surface area contributed by atoms with E-state index in [1.54, 1.807) is 28.7 Å². The van der Waals surface area contributed by atoms with Crippen molar-refractivity contribution < 1.29 is 4.39 Å². The van der Waals surface area contributed by atoms with Gasteiger partial charge >= 0.3 is 0 Å². The summed E-state index contributed by atoms with van der Waals surface area (Å²) in [6, 6.07) is 6.94. The zero-order valence-corrected chi connectivity index (χ0v) is 12.8. The number of aromatic nitrogens is 2. The number of halogens is 1. The molecule has 5 heteroatoms. The Morgan fingerprint density at radius 2 is 2.10 bits per heavy atom. The van der Waals surface area contributed by atoms with Crippen molar-refractivity contribution in [2.45, 2.75) is 0 Å². The maximum Gasteiger partial charge on any atom is 0.126 e. The van der Waals surface area contributed by atoms with E-state index in [2.05, 4.69) is 16.8 Å². The quantitative estimate of drug-likeness (QED) is 0.499. The Morgan fingerprint density at radius 1 is 1.19 bits per heavy atom. The van der Waals surface area contributed by atoms with Crippen LogP contribution in [0.15, 0.2) is 46.6 Å². The second-order valence-electron chi connectivity index (χ2n) is 4.87. The molecule has 0 spiro atoms. The SMILES string of the molecule is Cn1cc(-c2nc(-c3ccsc3)cs2)c2cc(F)ccc21. The second-order valence-corrected chi connectivity index (χ2v) is 6.50. The zero-order valence-electron chi connectivity index (χ0n) is 11.2. The Labute approximate surface area is 129 Å². The molecule has 2 nitrogen and oxygen atoms in total. The predicted molar refractivity (Wildman–Crippen MR) is 87.3 cm³/mol. The summed E-state index contributed by atoms with van der Waals surface area (Å²) >= 11 is 3.25. The highest BCUT2D eigenvalue weighted by atomic mass is 32.1. The van der Waals surface area contributed by atoms with Gasteiger partial charge in [0, 0.05) is 46.0 Å². The second kappa shape index (κ2) is 4.79. The van der Waals surface area contributed by atoms with E-state index in [4.69, 9.17) is 4.98 Å². The third kappa shape index (κ3) is 2.09. The van der Waals surface area contributed by atoms with Crippen molar-refractivity contribution in [3.8, 4) is 21.8 Å². The molecule has 0 saturated heterocycles. The summed E-state index contributed by atoms with van der Waals surface area (Å²) in [5, 5.41) is 8.01. The number of benzene rings is 1. The smallest absolute Gasteiger partial charge is 0.126 e. The minimum Gasteiger partial charge on any atom is -0.350 e. The van der Waals surface area contributed by atoms with Crippen molar-refractivity contribution in [2.75, 3.05) is 0 Å². The topological polar surface area (TPSA) is 17.8 Å². The molecule has 0 N–H and O–H groups in total. The highest BCUT2D eigenvalue weighted by Gasteiger charge is 2.13. The fourth-order valence-electron chi connectivity index (χ4n) is 2.47. The van der Waals surface area contributed by atoms with E-state index in [1.165, 1.54) is 6.07 Å². The molecule has 0 aliphatic heterocycles. The summed E-state index contributed by atoms with van der Waals surface area (Å²) in [6.45, 7) is 0. The lowest BCUT2D eigenvalue weighted by molar-refractivity contribution is 0.629. The third-order valence-corrected chi connectivity index (χ3v) is 5.06. The lowest BCUT2D eigenvalue weighted by Gasteiger charge is -1.95. The molecule has 0 saturated carbocycles. The van der Waals surface area contributed by atoms with Crippen LogP contribution in [0, 0.1) is 5.82 Å². The first-order chi connectivity index (χ1) is 10.2. The van der Waals surface area contributed by atoms with Gasteiger partial charge in [0.25, 0.3) is 0 Å². The van der Waals surface area contributed by atoms with Gasteiger partial charge in [-0.05, 0) is 29.6 Å². The van der Waals surface area contributed by atoms with E-state index < -0.39 is 0 Å². The van der Waals surface area contributed by atoms with Gasteiger partial charge in [0.2, 0.25) is 0 Å². The molecule has 0 unspecified atom stereocenters. The first kappa shape index (κ1) is 12.7. The highest BCUT2D eigenvalue weighted by Crippen LogP contribution is 2.35. The van der Waals surface area contributed by atoms with E-state index in [0.29, 0.717) is 0 Å². The number of aryl methyl sites for hydroxylation is 1. The Morgan fingerprint density at radius 3 is 2.90 bits per heavy atom. The summed E-state index contributed by atoms with van der Waals surface area (Å²) in [5.74, 6) is -0.218. The van der Waals surface area contributed by atoms with Crippen LogP contribution in [0.1, 0.15) is 0 Å². The maximum absolute atomic E-state index is 13.5. The zero-order chi connectivity index (χ0) is 14.4.